The number of alkyl halides is 2. The van der Waals surface area contributed by atoms with Crippen molar-refractivity contribution in [1.29, 1.82) is 0 Å². The Labute approximate surface area is 195 Å². The van der Waals surface area contributed by atoms with Crippen LogP contribution in [0.15, 0.2) is 23.2 Å². The Morgan fingerprint density at radius 1 is 1.20 bits per heavy atom. The molecule has 0 aliphatic heterocycles. The van der Waals surface area contributed by atoms with E-state index in [0.29, 0.717) is 24.9 Å². The van der Waals surface area contributed by atoms with Crippen molar-refractivity contribution in [1.82, 2.24) is 10.6 Å². The summed E-state index contributed by atoms with van der Waals surface area (Å²) in [6, 6.07) is 4.94. The third-order valence-electron chi connectivity index (χ3n) is 5.34. The van der Waals surface area contributed by atoms with Crippen LogP contribution in [-0.2, 0) is 11.3 Å². The highest BCUT2D eigenvalue weighted by molar-refractivity contribution is 14.0. The standard InChI is InChI=1S/C21H33F2N3O3.HI/c1-4-28-18-13-16(7-8-17(18)29-19(22)23)14-25-20(24-2)26-15-21(11-12-27-3)9-5-6-10-21;/h7-8,13,19H,4-6,9-12,14-15H2,1-3H3,(H2,24,25,26);1H. The first-order valence-corrected chi connectivity index (χ1v) is 10.2. The summed E-state index contributed by atoms with van der Waals surface area (Å²) < 4.78 is 40.3. The largest absolute Gasteiger partial charge is 0.490 e. The number of nitrogens with one attached hydrogen (secondary N) is 2. The van der Waals surface area contributed by atoms with Gasteiger partial charge in [-0.3, -0.25) is 4.99 Å². The van der Waals surface area contributed by atoms with Crippen LogP contribution >= 0.6 is 24.0 Å². The molecular weight excluding hydrogens is 507 g/mol. The second kappa shape index (κ2) is 13.8. The number of benzene rings is 1. The average molecular weight is 541 g/mol. The molecule has 2 N–H and O–H groups in total. The SMILES string of the molecule is CCOc1cc(CNC(=NC)NCC2(CCOC)CCCC2)ccc1OC(F)F.I. The molecule has 172 valence electrons. The number of nitrogens with zero attached hydrogens (tertiary/aromatic N) is 1. The second-order valence-electron chi connectivity index (χ2n) is 7.32. The van der Waals surface area contributed by atoms with E-state index in [4.69, 9.17) is 9.47 Å². The summed E-state index contributed by atoms with van der Waals surface area (Å²) in [6.45, 7) is 1.37. The minimum absolute atomic E-state index is 0. The summed E-state index contributed by atoms with van der Waals surface area (Å²) in [5.74, 6) is 1.05. The number of hydrogen-bond acceptors (Lipinski definition) is 4. The van der Waals surface area contributed by atoms with Crippen LogP contribution < -0.4 is 20.1 Å². The lowest BCUT2D eigenvalue weighted by Crippen LogP contribution is -2.43. The maximum Gasteiger partial charge on any atom is 0.387 e. The van der Waals surface area contributed by atoms with Crippen molar-refractivity contribution in [3.63, 3.8) is 0 Å². The Kier molecular flexibility index (Phi) is 12.3. The third kappa shape index (κ3) is 8.41. The minimum atomic E-state index is -2.89. The minimum Gasteiger partial charge on any atom is -0.490 e. The topological polar surface area (TPSA) is 64.1 Å². The molecule has 1 aliphatic rings. The molecule has 0 atom stereocenters. The molecule has 0 spiro atoms. The number of ether oxygens (including phenoxy) is 3. The van der Waals surface area contributed by atoms with Crippen LogP contribution in [0.2, 0.25) is 0 Å². The zero-order valence-electron chi connectivity index (χ0n) is 18.0. The predicted molar refractivity (Wildman–Crippen MR) is 125 cm³/mol. The number of guanidine groups is 1. The van der Waals surface area contributed by atoms with Crippen LogP contribution in [0.5, 0.6) is 11.5 Å². The molecular formula is C21H34F2IN3O3. The molecule has 2 rings (SSSR count). The van der Waals surface area contributed by atoms with Crippen LogP contribution in [0, 0.1) is 5.41 Å². The lowest BCUT2D eigenvalue weighted by Gasteiger charge is -2.30. The molecule has 1 aromatic rings. The maximum absolute atomic E-state index is 12.5. The van der Waals surface area contributed by atoms with Crippen LogP contribution in [-0.4, -0.2) is 46.5 Å². The first-order chi connectivity index (χ1) is 14.0. The Bertz CT molecular complexity index is 656. The molecule has 1 aromatic carbocycles. The van der Waals surface area contributed by atoms with Gasteiger partial charge >= 0.3 is 6.61 Å². The van der Waals surface area contributed by atoms with Crippen molar-refractivity contribution in [3.8, 4) is 11.5 Å². The molecule has 6 nitrogen and oxygen atoms in total. The fourth-order valence-electron chi connectivity index (χ4n) is 3.76. The molecule has 1 fully saturated rings. The molecule has 1 saturated carbocycles. The fourth-order valence-corrected chi connectivity index (χ4v) is 3.76. The summed E-state index contributed by atoms with van der Waals surface area (Å²) in [5, 5.41) is 6.71. The number of halogens is 3. The van der Waals surface area contributed by atoms with Crippen molar-refractivity contribution >= 4 is 29.9 Å². The summed E-state index contributed by atoms with van der Waals surface area (Å²) in [4.78, 5) is 4.30. The highest BCUT2D eigenvalue weighted by Crippen LogP contribution is 2.40. The Morgan fingerprint density at radius 2 is 1.93 bits per heavy atom. The van der Waals surface area contributed by atoms with Crippen molar-refractivity contribution in [2.75, 3.05) is 33.9 Å². The van der Waals surface area contributed by atoms with Gasteiger partial charge in [0.15, 0.2) is 17.5 Å². The lowest BCUT2D eigenvalue weighted by molar-refractivity contribution is -0.0514. The zero-order chi connectivity index (χ0) is 21.1. The van der Waals surface area contributed by atoms with Gasteiger partial charge in [0.2, 0.25) is 0 Å². The number of hydrogen-bond donors (Lipinski definition) is 2. The van der Waals surface area contributed by atoms with Gasteiger partial charge < -0.3 is 24.8 Å². The summed E-state index contributed by atoms with van der Waals surface area (Å²) in [5.41, 5.74) is 1.14. The molecule has 0 saturated heterocycles. The van der Waals surface area contributed by atoms with E-state index in [2.05, 4.69) is 20.4 Å². The zero-order valence-corrected chi connectivity index (χ0v) is 20.3. The van der Waals surface area contributed by atoms with Gasteiger partial charge in [-0.25, -0.2) is 0 Å². The fraction of sp³-hybridized carbons (Fsp3) is 0.667. The number of methoxy groups -OCH3 is 1. The van der Waals surface area contributed by atoms with Crippen molar-refractivity contribution in [2.45, 2.75) is 52.2 Å². The van der Waals surface area contributed by atoms with E-state index in [1.54, 1.807) is 33.2 Å². The van der Waals surface area contributed by atoms with E-state index in [1.165, 1.54) is 31.7 Å². The van der Waals surface area contributed by atoms with Gasteiger partial charge in [0.05, 0.1) is 6.61 Å². The van der Waals surface area contributed by atoms with Crippen LogP contribution in [0.1, 0.15) is 44.6 Å². The first kappa shape index (κ1) is 26.7. The van der Waals surface area contributed by atoms with Gasteiger partial charge in [-0.05, 0) is 49.3 Å². The van der Waals surface area contributed by atoms with Gasteiger partial charge in [-0.15, -0.1) is 24.0 Å². The van der Waals surface area contributed by atoms with Gasteiger partial charge in [-0.1, -0.05) is 18.9 Å². The number of aliphatic imine (C=N–C) groups is 1. The highest BCUT2D eigenvalue weighted by atomic mass is 127. The highest BCUT2D eigenvalue weighted by Gasteiger charge is 2.33. The van der Waals surface area contributed by atoms with E-state index >= 15 is 0 Å². The van der Waals surface area contributed by atoms with E-state index in [0.717, 1.165) is 25.1 Å². The lowest BCUT2D eigenvalue weighted by atomic mass is 9.83. The molecule has 0 amide bonds. The third-order valence-corrected chi connectivity index (χ3v) is 5.34. The summed E-state index contributed by atoms with van der Waals surface area (Å²) in [7, 11) is 3.47. The van der Waals surface area contributed by atoms with Crippen LogP contribution in [0.4, 0.5) is 8.78 Å². The van der Waals surface area contributed by atoms with Crippen molar-refractivity contribution in [2.24, 2.45) is 10.4 Å². The predicted octanol–water partition coefficient (Wildman–Crippen LogP) is 4.57. The Morgan fingerprint density at radius 3 is 2.53 bits per heavy atom. The van der Waals surface area contributed by atoms with Crippen LogP contribution in [0.25, 0.3) is 0 Å². The molecule has 0 radical (unpaired) electrons. The normalized spacial score (nSPS) is 15.6. The summed E-state index contributed by atoms with van der Waals surface area (Å²) >= 11 is 0. The molecule has 1 aliphatic carbocycles. The molecule has 9 heteroatoms. The van der Waals surface area contributed by atoms with E-state index in [1.807, 2.05) is 0 Å². The van der Waals surface area contributed by atoms with Gasteiger partial charge in [0, 0.05) is 33.9 Å². The van der Waals surface area contributed by atoms with Gasteiger partial charge in [0.25, 0.3) is 0 Å². The smallest absolute Gasteiger partial charge is 0.387 e. The van der Waals surface area contributed by atoms with Crippen molar-refractivity contribution in [3.05, 3.63) is 23.8 Å². The molecule has 30 heavy (non-hydrogen) atoms. The molecule has 0 aromatic heterocycles. The first-order valence-electron chi connectivity index (χ1n) is 10.2. The van der Waals surface area contributed by atoms with Gasteiger partial charge in [0.1, 0.15) is 0 Å². The maximum atomic E-state index is 12.5. The average Bonchev–Trinajstić information content (AvgIpc) is 3.17. The van der Waals surface area contributed by atoms with Crippen molar-refractivity contribution < 1.29 is 23.0 Å². The quantitative estimate of drug-likeness (QED) is 0.244. The molecule has 0 unspecified atom stereocenters. The number of rotatable bonds is 11. The Hall–Kier alpha value is -1.36. The summed E-state index contributed by atoms with van der Waals surface area (Å²) in [6.07, 6.45) is 5.94. The Balaban J connectivity index is 0.00000450. The van der Waals surface area contributed by atoms with E-state index in [-0.39, 0.29) is 35.1 Å². The molecule has 0 bridgehead atoms. The van der Waals surface area contributed by atoms with E-state index < -0.39 is 6.61 Å². The monoisotopic (exact) mass is 541 g/mol. The van der Waals surface area contributed by atoms with Gasteiger partial charge in [-0.2, -0.15) is 8.78 Å². The second-order valence-corrected chi connectivity index (χ2v) is 7.32. The molecule has 0 heterocycles. The van der Waals surface area contributed by atoms with E-state index in [9.17, 15) is 8.78 Å². The van der Waals surface area contributed by atoms with Crippen LogP contribution in [0.3, 0.4) is 0 Å².